The van der Waals surface area contributed by atoms with E-state index in [9.17, 15) is 9.59 Å². The Hall–Kier alpha value is -3.28. The lowest BCUT2D eigenvalue weighted by atomic mass is 10.0. The molecule has 144 valence electrons. The second kappa shape index (κ2) is 8.17. The Balaban J connectivity index is 1.19. The fourth-order valence-corrected chi connectivity index (χ4v) is 3.19. The van der Waals surface area contributed by atoms with Crippen LogP contribution in [0.1, 0.15) is 30.6 Å². The van der Waals surface area contributed by atoms with E-state index in [4.69, 9.17) is 13.9 Å². The zero-order valence-corrected chi connectivity index (χ0v) is 15.4. The lowest BCUT2D eigenvalue weighted by molar-refractivity contribution is -0.145. The molecular formula is C22H21NO5. The van der Waals surface area contributed by atoms with Crippen LogP contribution < -0.4 is 10.1 Å². The molecule has 0 bridgehead atoms. The number of ether oxygens (including phenoxy) is 2. The summed E-state index contributed by atoms with van der Waals surface area (Å²) in [6.45, 7) is 0.551. The summed E-state index contributed by atoms with van der Waals surface area (Å²) < 4.78 is 16.6. The van der Waals surface area contributed by atoms with Crippen LogP contribution >= 0.6 is 0 Å². The van der Waals surface area contributed by atoms with Crippen LogP contribution in [0.15, 0.2) is 52.9 Å². The number of carbonyl (C=O) groups excluding carboxylic acids is 2. The molecule has 1 N–H and O–H groups in total. The Labute approximate surface area is 162 Å². The van der Waals surface area contributed by atoms with Crippen molar-refractivity contribution in [2.24, 2.45) is 0 Å². The van der Waals surface area contributed by atoms with Crippen molar-refractivity contribution in [3.05, 3.63) is 59.9 Å². The molecule has 2 aromatic carbocycles. The summed E-state index contributed by atoms with van der Waals surface area (Å²) in [5.74, 6) is 1.14. The highest BCUT2D eigenvalue weighted by Gasteiger charge is 2.15. The zero-order valence-electron chi connectivity index (χ0n) is 15.4. The molecule has 0 spiro atoms. The molecule has 6 heteroatoms. The van der Waals surface area contributed by atoms with Crippen LogP contribution in [0.4, 0.5) is 5.69 Å². The first-order valence-corrected chi connectivity index (χ1v) is 9.36. The van der Waals surface area contributed by atoms with Crippen LogP contribution in [0.5, 0.6) is 5.75 Å². The molecule has 1 aromatic heterocycles. The van der Waals surface area contributed by atoms with Crippen molar-refractivity contribution in [1.29, 1.82) is 0 Å². The second-order valence-corrected chi connectivity index (χ2v) is 6.73. The Morgan fingerprint density at radius 3 is 2.89 bits per heavy atom. The molecule has 1 aliphatic heterocycles. The number of amides is 1. The van der Waals surface area contributed by atoms with Gasteiger partial charge in [-0.05, 0) is 48.7 Å². The predicted octanol–water partition coefficient (Wildman–Crippen LogP) is 4.22. The molecule has 0 atom stereocenters. The Morgan fingerprint density at radius 1 is 1.11 bits per heavy atom. The zero-order chi connectivity index (χ0) is 19.3. The SMILES string of the molecule is O=C1CCc2cc(OCCCC(=O)OCc3cc4ccccc4o3)ccc2N1. The van der Waals surface area contributed by atoms with E-state index in [1.165, 1.54) is 0 Å². The van der Waals surface area contributed by atoms with Crippen LogP contribution in [0, 0.1) is 0 Å². The summed E-state index contributed by atoms with van der Waals surface area (Å²) in [7, 11) is 0. The highest BCUT2D eigenvalue weighted by atomic mass is 16.5. The number of esters is 1. The first-order chi connectivity index (χ1) is 13.7. The van der Waals surface area contributed by atoms with Gasteiger partial charge in [0.15, 0.2) is 0 Å². The van der Waals surface area contributed by atoms with Crippen LogP contribution in [-0.4, -0.2) is 18.5 Å². The van der Waals surface area contributed by atoms with Crippen molar-refractivity contribution < 1.29 is 23.5 Å². The monoisotopic (exact) mass is 379 g/mol. The second-order valence-electron chi connectivity index (χ2n) is 6.73. The molecular weight excluding hydrogens is 358 g/mol. The number of hydrogen-bond acceptors (Lipinski definition) is 5. The van der Waals surface area contributed by atoms with Gasteiger partial charge in [0.05, 0.1) is 6.61 Å². The number of aryl methyl sites for hydroxylation is 1. The van der Waals surface area contributed by atoms with E-state index in [0.717, 1.165) is 28.0 Å². The van der Waals surface area contributed by atoms with E-state index in [2.05, 4.69) is 5.32 Å². The molecule has 0 radical (unpaired) electrons. The fraction of sp³-hybridized carbons (Fsp3) is 0.273. The van der Waals surface area contributed by atoms with Crippen LogP contribution in [0.2, 0.25) is 0 Å². The minimum Gasteiger partial charge on any atom is -0.494 e. The quantitative estimate of drug-likeness (QED) is 0.491. The van der Waals surface area contributed by atoms with Crippen molar-refractivity contribution in [2.45, 2.75) is 32.3 Å². The van der Waals surface area contributed by atoms with Crippen LogP contribution in [0.25, 0.3) is 11.0 Å². The predicted molar refractivity (Wildman–Crippen MR) is 104 cm³/mol. The van der Waals surface area contributed by atoms with E-state index >= 15 is 0 Å². The summed E-state index contributed by atoms with van der Waals surface area (Å²) in [6.07, 6.45) is 2.05. The van der Waals surface area contributed by atoms with Gasteiger partial charge in [0, 0.05) is 23.9 Å². The number of para-hydroxylation sites is 1. The molecule has 0 fully saturated rings. The van der Waals surface area contributed by atoms with Gasteiger partial charge in [0.2, 0.25) is 5.91 Å². The van der Waals surface area contributed by atoms with Crippen molar-refractivity contribution >= 4 is 28.5 Å². The maximum absolute atomic E-state index is 11.9. The molecule has 0 unspecified atom stereocenters. The molecule has 2 heterocycles. The summed E-state index contributed by atoms with van der Waals surface area (Å²) in [6, 6.07) is 15.2. The van der Waals surface area contributed by atoms with Gasteiger partial charge in [0.1, 0.15) is 23.7 Å². The van der Waals surface area contributed by atoms with Crippen molar-refractivity contribution in [3.63, 3.8) is 0 Å². The highest BCUT2D eigenvalue weighted by Crippen LogP contribution is 2.27. The first-order valence-electron chi connectivity index (χ1n) is 9.36. The molecule has 6 nitrogen and oxygen atoms in total. The van der Waals surface area contributed by atoms with Crippen molar-refractivity contribution in [2.75, 3.05) is 11.9 Å². The third-order valence-electron chi connectivity index (χ3n) is 4.62. The number of carbonyl (C=O) groups is 2. The molecule has 0 saturated heterocycles. The van der Waals surface area contributed by atoms with Gasteiger partial charge in [-0.3, -0.25) is 9.59 Å². The topological polar surface area (TPSA) is 77.8 Å². The van der Waals surface area contributed by atoms with Gasteiger partial charge in [0.25, 0.3) is 0 Å². The van der Waals surface area contributed by atoms with Gasteiger partial charge in [-0.25, -0.2) is 0 Å². The average molecular weight is 379 g/mol. The summed E-state index contributed by atoms with van der Waals surface area (Å²) in [5, 5.41) is 3.83. The van der Waals surface area contributed by atoms with E-state index < -0.39 is 0 Å². The molecule has 28 heavy (non-hydrogen) atoms. The number of hydrogen-bond donors (Lipinski definition) is 1. The van der Waals surface area contributed by atoms with Gasteiger partial charge >= 0.3 is 5.97 Å². The molecule has 3 aromatic rings. The lowest BCUT2D eigenvalue weighted by Gasteiger charge is -2.17. The maximum atomic E-state index is 11.9. The normalized spacial score (nSPS) is 13.1. The Morgan fingerprint density at radius 2 is 2.00 bits per heavy atom. The summed E-state index contributed by atoms with van der Waals surface area (Å²) in [4.78, 5) is 23.3. The summed E-state index contributed by atoms with van der Waals surface area (Å²) >= 11 is 0. The molecule has 0 aliphatic carbocycles. The van der Waals surface area contributed by atoms with E-state index in [1.54, 1.807) is 0 Å². The molecule has 1 amide bonds. The highest BCUT2D eigenvalue weighted by molar-refractivity contribution is 5.94. The largest absolute Gasteiger partial charge is 0.494 e. The van der Waals surface area contributed by atoms with Gasteiger partial charge in [-0.2, -0.15) is 0 Å². The number of benzene rings is 2. The smallest absolute Gasteiger partial charge is 0.306 e. The standard InChI is InChI=1S/C22H21NO5/c24-21-10-7-15-12-17(8-9-19(15)23-21)26-11-3-6-22(25)27-14-18-13-16-4-1-2-5-20(16)28-18/h1-2,4-5,8-9,12-13H,3,6-7,10-11,14H2,(H,23,24). The van der Waals surface area contributed by atoms with E-state index in [-0.39, 0.29) is 24.9 Å². The Bertz CT molecular complexity index is 974. The van der Waals surface area contributed by atoms with E-state index in [1.807, 2.05) is 48.5 Å². The van der Waals surface area contributed by atoms with E-state index in [0.29, 0.717) is 31.6 Å². The van der Waals surface area contributed by atoms with Gasteiger partial charge in [-0.1, -0.05) is 18.2 Å². The van der Waals surface area contributed by atoms with Crippen molar-refractivity contribution in [1.82, 2.24) is 0 Å². The third-order valence-corrected chi connectivity index (χ3v) is 4.62. The van der Waals surface area contributed by atoms with Crippen molar-refractivity contribution in [3.8, 4) is 5.75 Å². The maximum Gasteiger partial charge on any atom is 0.306 e. The minimum atomic E-state index is -0.280. The van der Waals surface area contributed by atoms with Gasteiger partial charge < -0.3 is 19.2 Å². The molecule has 0 saturated carbocycles. The lowest BCUT2D eigenvalue weighted by Crippen LogP contribution is -2.18. The fourth-order valence-electron chi connectivity index (χ4n) is 3.19. The van der Waals surface area contributed by atoms with Gasteiger partial charge in [-0.15, -0.1) is 0 Å². The third kappa shape index (κ3) is 4.34. The number of fused-ring (bicyclic) bond motifs is 2. The average Bonchev–Trinajstić information content (AvgIpc) is 3.13. The molecule has 4 rings (SSSR count). The molecule has 1 aliphatic rings. The Kier molecular flexibility index (Phi) is 5.28. The summed E-state index contributed by atoms with van der Waals surface area (Å²) in [5.41, 5.74) is 2.70. The number of anilines is 1. The number of furan rings is 1. The number of rotatable bonds is 7. The van der Waals surface area contributed by atoms with Crippen LogP contribution in [-0.2, 0) is 27.4 Å². The van der Waals surface area contributed by atoms with Crippen LogP contribution in [0.3, 0.4) is 0 Å². The first kappa shape index (κ1) is 18.1. The number of nitrogens with one attached hydrogen (secondary N) is 1. The minimum absolute atomic E-state index is 0.0438.